The predicted molar refractivity (Wildman–Crippen MR) is 53.4 cm³/mol. The summed E-state index contributed by atoms with van der Waals surface area (Å²) in [4.78, 5) is 11.3. The largest absolute Gasteiger partial charge is 0.295 e. The third kappa shape index (κ3) is 1.45. The number of fused-ring (bicyclic) bond motifs is 1. The fraction of sp³-hybridized carbons (Fsp3) is 0.750. The van der Waals surface area contributed by atoms with Gasteiger partial charge < -0.3 is 0 Å². The van der Waals surface area contributed by atoms with Crippen molar-refractivity contribution in [2.24, 2.45) is 11.3 Å². The lowest BCUT2D eigenvalue weighted by atomic mass is 9.62. The van der Waals surface area contributed by atoms with Gasteiger partial charge in [-0.05, 0) is 36.7 Å². The van der Waals surface area contributed by atoms with Gasteiger partial charge in [-0.15, -0.1) is 0 Å². The van der Waals surface area contributed by atoms with Gasteiger partial charge >= 0.3 is 0 Å². The summed E-state index contributed by atoms with van der Waals surface area (Å²) in [6.45, 7) is 4.60. The topological polar surface area (TPSA) is 17.1 Å². The Kier molecular flexibility index (Phi) is 2.05. The lowest BCUT2D eigenvalue weighted by Crippen LogP contribution is -2.32. The van der Waals surface area contributed by atoms with Gasteiger partial charge in [0.2, 0.25) is 0 Å². The van der Waals surface area contributed by atoms with Crippen LogP contribution >= 0.6 is 0 Å². The number of carbonyl (C=O) groups excluding carboxylic acids is 1. The van der Waals surface area contributed by atoms with Crippen LogP contribution < -0.4 is 0 Å². The first kappa shape index (κ1) is 8.98. The third-order valence-corrected chi connectivity index (χ3v) is 3.83. The number of allylic oxidation sites excluding steroid dienone is 2. The first-order valence-corrected chi connectivity index (χ1v) is 5.37. The van der Waals surface area contributed by atoms with Crippen LogP contribution in [0.2, 0.25) is 0 Å². The fourth-order valence-corrected chi connectivity index (χ4v) is 2.92. The molecule has 0 spiro atoms. The van der Waals surface area contributed by atoms with Crippen LogP contribution in [0, 0.1) is 11.3 Å². The molecular formula is C12H18O. The summed E-state index contributed by atoms with van der Waals surface area (Å²) >= 11 is 0. The fourth-order valence-electron chi connectivity index (χ4n) is 2.92. The molecule has 2 atom stereocenters. The lowest BCUT2D eigenvalue weighted by Gasteiger charge is -2.42. The van der Waals surface area contributed by atoms with Crippen molar-refractivity contribution in [3.8, 4) is 0 Å². The zero-order valence-electron chi connectivity index (χ0n) is 8.60. The summed E-state index contributed by atoms with van der Waals surface area (Å²) in [6.07, 6.45) is 7.69. The summed E-state index contributed by atoms with van der Waals surface area (Å²) < 4.78 is 0. The van der Waals surface area contributed by atoms with Crippen LogP contribution in [0.5, 0.6) is 0 Å². The first-order chi connectivity index (χ1) is 6.12. The monoisotopic (exact) mass is 178 g/mol. The molecule has 0 heterocycles. The van der Waals surface area contributed by atoms with Crippen LogP contribution in [0.1, 0.15) is 46.0 Å². The molecule has 0 bridgehead atoms. The van der Waals surface area contributed by atoms with Crippen molar-refractivity contribution in [2.75, 3.05) is 0 Å². The predicted octanol–water partition coefficient (Wildman–Crippen LogP) is 3.10. The van der Waals surface area contributed by atoms with Crippen LogP contribution in [0.15, 0.2) is 11.6 Å². The molecule has 2 aliphatic carbocycles. The zero-order valence-corrected chi connectivity index (χ0v) is 8.60. The molecule has 0 aromatic heterocycles. The quantitative estimate of drug-likeness (QED) is 0.557. The van der Waals surface area contributed by atoms with Crippen molar-refractivity contribution in [1.82, 2.24) is 0 Å². The maximum absolute atomic E-state index is 11.3. The molecule has 1 saturated carbocycles. The average molecular weight is 178 g/mol. The summed E-state index contributed by atoms with van der Waals surface area (Å²) in [6, 6.07) is 0. The Morgan fingerprint density at radius 1 is 1.46 bits per heavy atom. The number of hydrogen-bond acceptors (Lipinski definition) is 1. The molecule has 1 nitrogen and oxygen atoms in total. The smallest absolute Gasteiger partial charge is 0.155 e. The van der Waals surface area contributed by atoms with E-state index >= 15 is 0 Å². The van der Waals surface area contributed by atoms with Crippen molar-refractivity contribution < 1.29 is 4.79 Å². The van der Waals surface area contributed by atoms with E-state index in [9.17, 15) is 4.79 Å². The Morgan fingerprint density at radius 3 is 3.00 bits per heavy atom. The first-order valence-electron chi connectivity index (χ1n) is 5.37. The van der Waals surface area contributed by atoms with E-state index in [1.165, 1.54) is 24.8 Å². The van der Waals surface area contributed by atoms with Crippen molar-refractivity contribution in [3.63, 3.8) is 0 Å². The maximum Gasteiger partial charge on any atom is 0.155 e. The molecular weight excluding hydrogens is 160 g/mol. The highest BCUT2D eigenvalue weighted by Gasteiger charge is 2.37. The Hall–Kier alpha value is -0.590. The molecule has 1 heteroatoms. The SMILES string of the molecule is C[C@@H]1CCC[C@@]2(C)CCC(=O)C=C12. The standard InChI is InChI=1S/C12H18O/c1-9-4-3-6-12(2)7-5-10(13)8-11(9)12/h8-9H,3-7H2,1-2H3/t9-,12+/m1/s1. The second kappa shape index (κ2) is 2.97. The van der Waals surface area contributed by atoms with Gasteiger partial charge in [0.1, 0.15) is 0 Å². The van der Waals surface area contributed by atoms with Crippen LogP contribution in [0.3, 0.4) is 0 Å². The number of hydrogen-bond donors (Lipinski definition) is 0. The van der Waals surface area contributed by atoms with E-state index in [1.54, 1.807) is 0 Å². The molecule has 0 unspecified atom stereocenters. The van der Waals surface area contributed by atoms with E-state index in [1.807, 2.05) is 6.08 Å². The van der Waals surface area contributed by atoms with Gasteiger partial charge in [-0.25, -0.2) is 0 Å². The molecule has 0 radical (unpaired) electrons. The summed E-state index contributed by atoms with van der Waals surface area (Å²) in [7, 11) is 0. The van der Waals surface area contributed by atoms with Gasteiger partial charge in [-0.3, -0.25) is 4.79 Å². The molecule has 13 heavy (non-hydrogen) atoms. The van der Waals surface area contributed by atoms with Gasteiger partial charge in [-0.2, -0.15) is 0 Å². The number of ketones is 1. The van der Waals surface area contributed by atoms with Crippen molar-refractivity contribution >= 4 is 5.78 Å². The highest BCUT2D eigenvalue weighted by atomic mass is 16.1. The van der Waals surface area contributed by atoms with Crippen molar-refractivity contribution in [2.45, 2.75) is 46.0 Å². The molecule has 0 N–H and O–H groups in total. The van der Waals surface area contributed by atoms with Gasteiger partial charge in [-0.1, -0.05) is 25.8 Å². The molecule has 2 rings (SSSR count). The average Bonchev–Trinajstić information content (AvgIpc) is 2.08. The summed E-state index contributed by atoms with van der Waals surface area (Å²) in [5, 5.41) is 0. The highest BCUT2D eigenvalue weighted by Crippen LogP contribution is 2.48. The Bertz CT molecular complexity index is 264. The molecule has 0 aromatic rings. The minimum atomic E-state index is 0.348. The van der Waals surface area contributed by atoms with E-state index in [0.717, 1.165) is 12.8 Å². The summed E-state index contributed by atoms with van der Waals surface area (Å²) in [5.41, 5.74) is 1.81. The third-order valence-electron chi connectivity index (χ3n) is 3.83. The van der Waals surface area contributed by atoms with E-state index in [-0.39, 0.29) is 0 Å². The van der Waals surface area contributed by atoms with E-state index < -0.39 is 0 Å². The molecule has 0 amide bonds. The highest BCUT2D eigenvalue weighted by molar-refractivity contribution is 5.91. The molecule has 0 aliphatic heterocycles. The van der Waals surface area contributed by atoms with Gasteiger partial charge in [0, 0.05) is 6.42 Å². The van der Waals surface area contributed by atoms with Crippen LogP contribution in [-0.4, -0.2) is 5.78 Å². The van der Waals surface area contributed by atoms with Gasteiger partial charge in [0.05, 0.1) is 0 Å². The van der Waals surface area contributed by atoms with E-state index in [0.29, 0.717) is 17.1 Å². The van der Waals surface area contributed by atoms with Gasteiger partial charge in [0.25, 0.3) is 0 Å². The second-order valence-corrected chi connectivity index (χ2v) is 4.92. The van der Waals surface area contributed by atoms with E-state index in [2.05, 4.69) is 13.8 Å². The molecule has 0 aromatic carbocycles. The molecule has 0 saturated heterocycles. The van der Waals surface area contributed by atoms with Crippen LogP contribution in [-0.2, 0) is 4.79 Å². The minimum Gasteiger partial charge on any atom is -0.295 e. The lowest BCUT2D eigenvalue weighted by molar-refractivity contribution is -0.116. The Morgan fingerprint density at radius 2 is 2.23 bits per heavy atom. The number of carbonyl (C=O) groups is 1. The normalized spacial score (nSPS) is 39.7. The Balaban J connectivity index is 2.34. The maximum atomic E-state index is 11.3. The zero-order chi connectivity index (χ0) is 9.47. The Labute approximate surface area is 80.2 Å². The number of rotatable bonds is 0. The van der Waals surface area contributed by atoms with Crippen molar-refractivity contribution in [3.05, 3.63) is 11.6 Å². The van der Waals surface area contributed by atoms with Gasteiger partial charge in [0.15, 0.2) is 5.78 Å². The molecule has 1 fully saturated rings. The summed E-state index contributed by atoms with van der Waals surface area (Å²) in [5.74, 6) is 0.990. The van der Waals surface area contributed by atoms with Crippen molar-refractivity contribution in [1.29, 1.82) is 0 Å². The molecule has 72 valence electrons. The molecule has 2 aliphatic rings. The second-order valence-electron chi connectivity index (χ2n) is 4.92. The van der Waals surface area contributed by atoms with Crippen LogP contribution in [0.4, 0.5) is 0 Å². The van der Waals surface area contributed by atoms with E-state index in [4.69, 9.17) is 0 Å². The van der Waals surface area contributed by atoms with Crippen LogP contribution in [0.25, 0.3) is 0 Å². The minimum absolute atomic E-state index is 0.348.